The Balaban J connectivity index is 2.36. The Kier molecular flexibility index (Phi) is 3.71. The highest BCUT2D eigenvalue weighted by Gasteiger charge is 2.15. The lowest BCUT2D eigenvalue weighted by molar-refractivity contribution is 0.102. The first-order valence-electron chi connectivity index (χ1n) is 5.93. The van der Waals surface area contributed by atoms with E-state index in [0.29, 0.717) is 5.56 Å². The molecule has 0 aromatic heterocycles. The van der Waals surface area contributed by atoms with E-state index in [9.17, 15) is 9.70 Å². The maximum atomic E-state index is 12.3. The molecule has 0 atom stereocenters. The summed E-state index contributed by atoms with van der Waals surface area (Å²) >= 11 is 0. The van der Waals surface area contributed by atoms with Crippen molar-refractivity contribution in [3.05, 3.63) is 64.1 Å². The topological polar surface area (TPSA) is 58.5 Å². The number of nitroso groups, excluding NO2 is 1. The van der Waals surface area contributed by atoms with E-state index in [2.05, 4.69) is 10.5 Å². The van der Waals surface area contributed by atoms with Crippen molar-refractivity contribution in [2.75, 3.05) is 5.32 Å². The highest BCUT2D eigenvalue weighted by Crippen LogP contribution is 2.24. The molecule has 0 radical (unpaired) electrons. The molecule has 1 N–H and O–H groups in total. The summed E-state index contributed by atoms with van der Waals surface area (Å²) < 4.78 is 0. The van der Waals surface area contributed by atoms with Crippen molar-refractivity contribution >= 4 is 17.3 Å². The van der Waals surface area contributed by atoms with Gasteiger partial charge < -0.3 is 5.32 Å². The standard InChI is InChI=1S/C15H14N2O2/c1-10-6-3-4-8-12(10)16-15(18)14-11(2)7-5-9-13(14)17-19/h3-9H,1-2H3,(H,16,18). The molecule has 2 aromatic carbocycles. The smallest absolute Gasteiger partial charge is 0.258 e. The van der Waals surface area contributed by atoms with Gasteiger partial charge in [0, 0.05) is 5.69 Å². The fourth-order valence-electron chi connectivity index (χ4n) is 1.92. The minimum absolute atomic E-state index is 0.158. The number of para-hydroxylation sites is 1. The van der Waals surface area contributed by atoms with Crippen molar-refractivity contribution in [3.63, 3.8) is 0 Å². The molecule has 4 nitrogen and oxygen atoms in total. The van der Waals surface area contributed by atoms with Gasteiger partial charge in [0.25, 0.3) is 5.91 Å². The number of rotatable bonds is 3. The molecule has 0 heterocycles. The third-order valence-corrected chi connectivity index (χ3v) is 2.97. The van der Waals surface area contributed by atoms with Crippen LogP contribution in [0.2, 0.25) is 0 Å². The predicted octanol–water partition coefficient (Wildman–Crippen LogP) is 3.95. The highest BCUT2D eigenvalue weighted by atomic mass is 16.3. The lowest BCUT2D eigenvalue weighted by atomic mass is 10.1. The Bertz CT molecular complexity index is 636. The summed E-state index contributed by atoms with van der Waals surface area (Å²) in [5, 5.41) is 5.71. The Labute approximate surface area is 111 Å². The van der Waals surface area contributed by atoms with E-state index in [1.54, 1.807) is 19.1 Å². The van der Waals surface area contributed by atoms with Crippen molar-refractivity contribution in [1.29, 1.82) is 0 Å². The van der Waals surface area contributed by atoms with Crippen LogP contribution in [0.4, 0.5) is 11.4 Å². The summed E-state index contributed by atoms with van der Waals surface area (Å²) in [6.45, 7) is 3.69. The number of nitrogens with zero attached hydrogens (tertiary/aromatic N) is 1. The lowest BCUT2D eigenvalue weighted by Crippen LogP contribution is -2.14. The minimum Gasteiger partial charge on any atom is -0.322 e. The van der Waals surface area contributed by atoms with Gasteiger partial charge in [0.05, 0.1) is 5.56 Å². The fraction of sp³-hybridized carbons (Fsp3) is 0.133. The van der Waals surface area contributed by atoms with Gasteiger partial charge in [0.15, 0.2) is 0 Å². The molecule has 0 fully saturated rings. The van der Waals surface area contributed by atoms with Crippen LogP contribution in [-0.4, -0.2) is 5.91 Å². The van der Waals surface area contributed by atoms with Gasteiger partial charge in [-0.05, 0) is 42.3 Å². The van der Waals surface area contributed by atoms with Crippen LogP contribution < -0.4 is 5.32 Å². The number of hydrogen-bond donors (Lipinski definition) is 1. The van der Waals surface area contributed by atoms with Gasteiger partial charge >= 0.3 is 0 Å². The molecule has 0 bridgehead atoms. The van der Waals surface area contributed by atoms with Crippen molar-refractivity contribution in [2.24, 2.45) is 5.18 Å². The number of anilines is 1. The molecule has 2 aromatic rings. The molecule has 1 amide bonds. The van der Waals surface area contributed by atoms with Gasteiger partial charge in [-0.15, -0.1) is 4.91 Å². The second-order valence-electron chi connectivity index (χ2n) is 4.33. The quantitative estimate of drug-likeness (QED) is 0.843. The molecule has 0 aliphatic rings. The number of aryl methyl sites for hydroxylation is 2. The largest absolute Gasteiger partial charge is 0.322 e. The Hall–Kier alpha value is -2.49. The van der Waals surface area contributed by atoms with E-state index in [-0.39, 0.29) is 11.6 Å². The lowest BCUT2D eigenvalue weighted by Gasteiger charge is -2.10. The summed E-state index contributed by atoms with van der Waals surface area (Å²) in [5.74, 6) is -0.318. The summed E-state index contributed by atoms with van der Waals surface area (Å²) in [6, 6.07) is 12.5. The monoisotopic (exact) mass is 254 g/mol. The molecule has 2 rings (SSSR count). The first kappa shape index (κ1) is 13.0. The maximum Gasteiger partial charge on any atom is 0.258 e. The van der Waals surface area contributed by atoms with Crippen molar-refractivity contribution in [3.8, 4) is 0 Å². The molecule has 96 valence electrons. The Morgan fingerprint density at radius 1 is 1.00 bits per heavy atom. The van der Waals surface area contributed by atoms with E-state index in [0.717, 1.165) is 16.8 Å². The first-order valence-corrected chi connectivity index (χ1v) is 5.93. The first-order chi connectivity index (χ1) is 9.13. The van der Waals surface area contributed by atoms with Gasteiger partial charge in [-0.1, -0.05) is 30.3 Å². The third-order valence-electron chi connectivity index (χ3n) is 2.97. The van der Waals surface area contributed by atoms with Crippen LogP contribution in [0.15, 0.2) is 47.6 Å². The third kappa shape index (κ3) is 2.68. The summed E-state index contributed by atoms with van der Waals surface area (Å²) in [4.78, 5) is 23.0. The summed E-state index contributed by atoms with van der Waals surface area (Å²) in [7, 11) is 0. The van der Waals surface area contributed by atoms with Crippen molar-refractivity contribution < 1.29 is 4.79 Å². The van der Waals surface area contributed by atoms with Crippen LogP contribution in [-0.2, 0) is 0 Å². The molecular weight excluding hydrogens is 240 g/mol. The van der Waals surface area contributed by atoms with E-state index in [1.807, 2.05) is 31.2 Å². The van der Waals surface area contributed by atoms with E-state index < -0.39 is 0 Å². The number of carbonyl (C=O) groups excluding carboxylic acids is 1. The van der Waals surface area contributed by atoms with Crippen LogP contribution in [0.5, 0.6) is 0 Å². The number of benzene rings is 2. The van der Waals surface area contributed by atoms with Crippen LogP contribution in [0, 0.1) is 18.8 Å². The normalized spacial score (nSPS) is 10.0. The van der Waals surface area contributed by atoms with Crippen molar-refractivity contribution in [1.82, 2.24) is 0 Å². The van der Waals surface area contributed by atoms with Gasteiger partial charge in [-0.25, -0.2) is 0 Å². The van der Waals surface area contributed by atoms with Crippen LogP contribution >= 0.6 is 0 Å². The Morgan fingerprint density at radius 3 is 2.37 bits per heavy atom. The minimum atomic E-state index is -0.318. The zero-order chi connectivity index (χ0) is 13.8. The van der Waals surface area contributed by atoms with Gasteiger partial charge in [-0.2, -0.15) is 0 Å². The van der Waals surface area contributed by atoms with Crippen molar-refractivity contribution in [2.45, 2.75) is 13.8 Å². The van der Waals surface area contributed by atoms with Gasteiger partial charge in [0.1, 0.15) is 5.69 Å². The summed E-state index contributed by atoms with van der Waals surface area (Å²) in [5.41, 5.74) is 2.90. The van der Waals surface area contributed by atoms with E-state index in [4.69, 9.17) is 0 Å². The van der Waals surface area contributed by atoms with E-state index >= 15 is 0 Å². The molecule has 0 unspecified atom stereocenters. The summed E-state index contributed by atoms with van der Waals surface area (Å²) in [6.07, 6.45) is 0. The average molecular weight is 254 g/mol. The van der Waals surface area contributed by atoms with E-state index in [1.165, 1.54) is 6.07 Å². The predicted molar refractivity (Wildman–Crippen MR) is 75.8 cm³/mol. The number of carbonyl (C=O) groups is 1. The zero-order valence-corrected chi connectivity index (χ0v) is 10.8. The zero-order valence-electron chi connectivity index (χ0n) is 10.8. The number of hydrogen-bond acceptors (Lipinski definition) is 3. The van der Waals surface area contributed by atoms with Gasteiger partial charge in [-0.3, -0.25) is 4.79 Å². The maximum absolute atomic E-state index is 12.3. The average Bonchev–Trinajstić information content (AvgIpc) is 2.40. The molecule has 0 aliphatic carbocycles. The molecule has 0 saturated heterocycles. The molecule has 0 spiro atoms. The molecule has 0 saturated carbocycles. The molecule has 0 aliphatic heterocycles. The highest BCUT2D eigenvalue weighted by molar-refractivity contribution is 6.08. The molecule has 19 heavy (non-hydrogen) atoms. The number of nitrogens with one attached hydrogen (secondary N) is 1. The molecular formula is C15H14N2O2. The molecule has 4 heteroatoms. The van der Waals surface area contributed by atoms with Crippen LogP contribution in [0.1, 0.15) is 21.5 Å². The van der Waals surface area contributed by atoms with Crippen LogP contribution in [0.3, 0.4) is 0 Å². The fourth-order valence-corrected chi connectivity index (χ4v) is 1.92. The van der Waals surface area contributed by atoms with Gasteiger partial charge in [0.2, 0.25) is 0 Å². The van der Waals surface area contributed by atoms with Crippen LogP contribution in [0.25, 0.3) is 0 Å². The second kappa shape index (κ2) is 5.44. The Morgan fingerprint density at radius 2 is 1.68 bits per heavy atom. The second-order valence-corrected chi connectivity index (χ2v) is 4.33. The SMILES string of the molecule is Cc1ccccc1NC(=O)c1c(C)cccc1N=O. The number of amides is 1.